The molecule has 1 N–H and O–H groups in total. The van der Waals surface area contributed by atoms with Gasteiger partial charge in [0.05, 0.1) is 11.4 Å². The van der Waals surface area contributed by atoms with Gasteiger partial charge in [0.1, 0.15) is 5.84 Å². The second kappa shape index (κ2) is 8.61. The molecule has 3 aliphatic heterocycles. The van der Waals surface area contributed by atoms with E-state index in [9.17, 15) is 0 Å². The fraction of sp³-hybridized carbons (Fsp3) is 0.269. The van der Waals surface area contributed by atoms with Gasteiger partial charge in [-0.3, -0.25) is 4.90 Å². The third-order valence-corrected chi connectivity index (χ3v) is 6.68. The molecule has 0 saturated carbocycles. The number of piperazine rings is 1. The zero-order valence-electron chi connectivity index (χ0n) is 18.3. The van der Waals surface area contributed by atoms with Crippen molar-refractivity contribution in [3.8, 4) is 11.5 Å². The second-order valence-corrected chi connectivity index (χ2v) is 8.97. The minimum Gasteiger partial charge on any atom is -0.454 e. The summed E-state index contributed by atoms with van der Waals surface area (Å²) in [7, 11) is 0. The van der Waals surface area contributed by atoms with E-state index in [0.717, 1.165) is 79.1 Å². The third-order valence-electron chi connectivity index (χ3n) is 6.45. The van der Waals surface area contributed by atoms with Crippen molar-refractivity contribution in [2.45, 2.75) is 6.42 Å². The van der Waals surface area contributed by atoms with Crippen LogP contribution in [0.3, 0.4) is 0 Å². The number of halogens is 1. The van der Waals surface area contributed by atoms with Crippen molar-refractivity contribution in [2.24, 2.45) is 4.99 Å². The van der Waals surface area contributed by atoms with Gasteiger partial charge < -0.3 is 19.7 Å². The molecule has 0 atom stereocenters. The van der Waals surface area contributed by atoms with Gasteiger partial charge >= 0.3 is 0 Å². The van der Waals surface area contributed by atoms with Crippen molar-refractivity contribution in [1.82, 2.24) is 9.80 Å². The van der Waals surface area contributed by atoms with Gasteiger partial charge in [0.2, 0.25) is 6.79 Å². The first kappa shape index (κ1) is 20.4. The van der Waals surface area contributed by atoms with E-state index in [1.165, 1.54) is 5.56 Å². The summed E-state index contributed by atoms with van der Waals surface area (Å²) in [5.74, 6) is 2.71. The topological polar surface area (TPSA) is 49.3 Å². The average Bonchev–Trinajstić information content (AvgIpc) is 3.25. The molecule has 168 valence electrons. The number of nitrogens with one attached hydrogen (secondary N) is 1. The Hall–Kier alpha value is -3.22. The molecule has 3 heterocycles. The molecule has 1 saturated heterocycles. The largest absolute Gasteiger partial charge is 0.454 e. The van der Waals surface area contributed by atoms with Crippen molar-refractivity contribution >= 4 is 34.5 Å². The maximum absolute atomic E-state index is 6.28. The fourth-order valence-corrected chi connectivity index (χ4v) is 4.78. The number of hydrogen-bond donors (Lipinski definition) is 1. The van der Waals surface area contributed by atoms with Crippen LogP contribution in [0.25, 0.3) is 0 Å². The summed E-state index contributed by atoms with van der Waals surface area (Å²) in [5.41, 5.74) is 5.33. The Balaban J connectivity index is 1.16. The van der Waals surface area contributed by atoms with Gasteiger partial charge in [-0.1, -0.05) is 29.8 Å². The number of amidine groups is 1. The molecule has 0 spiro atoms. The molecule has 3 aliphatic rings. The highest BCUT2D eigenvalue weighted by atomic mass is 35.5. The van der Waals surface area contributed by atoms with Crippen LogP contribution in [-0.4, -0.2) is 55.2 Å². The molecule has 6 nitrogen and oxygen atoms in total. The van der Waals surface area contributed by atoms with Gasteiger partial charge in [-0.2, -0.15) is 0 Å². The summed E-state index contributed by atoms with van der Waals surface area (Å²) in [6.07, 6.45) is 0.996. The maximum atomic E-state index is 6.28. The van der Waals surface area contributed by atoms with Crippen LogP contribution in [0.1, 0.15) is 11.1 Å². The second-order valence-electron chi connectivity index (χ2n) is 8.53. The molecule has 3 aromatic carbocycles. The van der Waals surface area contributed by atoms with Crippen LogP contribution in [0.2, 0.25) is 5.02 Å². The number of nitrogens with zero attached hydrogens (tertiary/aromatic N) is 3. The predicted octanol–water partition coefficient (Wildman–Crippen LogP) is 5.06. The Morgan fingerprint density at radius 1 is 0.879 bits per heavy atom. The predicted molar refractivity (Wildman–Crippen MR) is 132 cm³/mol. The maximum Gasteiger partial charge on any atom is 0.231 e. The SMILES string of the molecule is Clc1ccc2c(c1)N=C(N1CCN(CCc3ccc4c(c3)OCO4)CC1)c1ccccc1N2. The Kier molecular flexibility index (Phi) is 5.32. The quantitative estimate of drug-likeness (QED) is 0.591. The average molecular weight is 461 g/mol. The number of anilines is 2. The van der Waals surface area contributed by atoms with Gasteiger partial charge in [0.15, 0.2) is 11.5 Å². The monoisotopic (exact) mass is 460 g/mol. The van der Waals surface area contributed by atoms with E-state index in [0.29, 0.717) is 11.8 Å². The van der Waals surface area contributed by atoms with E-state index in [4.69, 9.17) is 26.1 Å². The Morgan fingerprint density at radius 3 is 2.64 bits per heavy atom. The lowest BCUT2D eigenvalue weighted by molar-refractivity contribution is 0.174. The number of rotatable bonds is 3. The van der Waals surface area contributed by atoms with Crippen molar-refractivity contribution < 1.29 is 9.47 Å². The number of fused-ring (bicyclic) bond motifs is 3. The van der Waals surface area contributed by atoms with Crippen molar-refractivity contribution in [3.63, 3.8) is 0 Å². The Labute approximate surface area is 198 Å². The zero-order valence-corrected chi connectivity index (χ0v) is 19.0. The molecule has 33 heavy (non-hydrogen) atoms. The molecule has 0 amide bonds. The van der Waals surface area contributed by atoms with Gasteiger partial charge in [-0.05, 0) is 54.4 Å². The van der Waals surface area contributed by atoms with E-state index in [1.807, 2.05) is 24.3 Å². The normalized spacial score (nSPS) is 17.0. The van der Waals surface area contributed by atoms with Crippen molar-refractivity contribution in [3.05, 3.63) is 76.8 Å². The standard InChI is InChI=1S/C26H25ClN4O2/c27-19-6-7-22-23(16-19)29-26(20-3-1-2-4-21(20)28-22)31-13-11-30(12-14-31)10-9-18-5-8-24-25(15-18)33-17-32-24/h1-8,15-16,28H,9-14,17H2. The Bertz CT molecular complexity index is 1220. The molecule has 0 bridgehead atoms. The van der Waals surface area contributed by atoms with E-state index in [2.05, 4.69) is 51.5 Å². The number of para-hydroxylation sites is 1. The lowest BCUT2D eigenvalue weighted by atomic mass is 10.1. The lowest BCUT2D eigenvalue weighted by Crippen LogP contribution is -2.49. The zero-order chi connectivity index (χ0) is 22.2. The van der Waals surface area contributed by atoms with E-state index < -0.39 is 0 Å². The van der Waals surface area contributed by atoms with E-state index in [1.54, 1.807) is 0 Å². The molecule has 0 aliphatic carbocycles. The molecule has 0 aromatic heterocycles. The van der Waals surface area contributed by atoms with Crippen molar-refractivity contribution in [2.75, 3.05) is 44.8 Å². The first-order chi connectivity index (χ1) is 16.2. The number of ether oxygens (including phenoxy) is 2. The lowest BCUT2D eigenvalue weighted by Gasteiger charge is -2.36. The summed E-state index contributed by atoms with van der Waals surface area (Å²) in [5, 5.41) is 4.23. The molecule has 6 rings (SSSR count). The molecule has 3 aromatic rings. The molecule has 1 fully saturated rings. The summed E-state index contributed by atoms with van der Waals surface area (Å²) >= 11 is 6.28. The third kappa shape index (κ3) is 4.12. The number of aliphatic imine (C=N–C) groups is 1. The van der Waals surface area contributed by atoms with Gasteiger partial charge in [0.25, 0.3) is 0 Å². The molecular formula is C26H25ClN4O2. The summed E-state index contributed by atoms with van der Waals surface area (Å²) in [6, 6.07) is 20.4. The Morgan fingerprint density at radius 2 is 1.73 bits per heavy atom. The van der Waals surface area contributed by atoms with Crippen molar-refractivity contribution in [1.29, 1.82) is 0 Å². The summed E-state index contributed by atoms with van der Waals surface area (Å²) < 4.78 is 10.9. The van der Waals surface area contributed by atoms with Crippen LogP contribution < -0.4 is 14.8 Å². The first-order valence-corrected chi connectivity index (χ1v) is 11.7. The molecule has 7 heteroatoms. The van der Waals surface area contributed by atoms with E-state index in [-0.39, 0.29) is 0 Å². The minimum atomic E-state index is 0.319. The van der Waals surface area contributed by atoms with Gasteiger partial charge in [0, 0.05) is 49.0 Å². The van der Waals surface area contributed by atoms with Crippen LogP contribution in [0.15, 0.2) is 65.7 Å². The molecular weight excluding hydrogens is 436 g/mol. The highest BCUT2D eigenvalue weighted by molar-refractivity contribution is 6.31. The highest BCUT2D eigenvalue weighted by Crippen LogP contribution is 2.37. The smallest absolute Gasteiger partial charge is 0.231 e. The van der Waals surface area contributed by atoms with E-state index >= 15 is 0 Å². The summed E-state index contributed by atoms with van der Waals surface area (Å²) in [4.78, 5) is 9.99. The van der Waals surface area contributed by atoms with Crippen LogP contribution >= 0.6 is 11.6 Å². The fourth-order valence-electron chi connectivity index (χ4n) is 4.62. The minimum absolute atomic E-state index is 0.319. The molecule has 0 radical (unpaired) electrons. The summed E-state index contributed by atoms with van der Waals surface area (Å²) in [6.45, 7) is 5.22. The number of benzene rings is 3. The van der Waals surface area contributed by atoms with Gasteiger partial charge in [-0.25, -0.2) is 4.99 Å². The molecule has 0 unspecified atom stereocenters. The van der Waals surface area contributed by atoms with Gasteiger partial charge in [-0.15, -0.1) is 0 Å². The van der Waals surface area contributed by atoms with Crippen LogP contribution in [0.5, 0.6) is 11.5 Å². The highest BCUT2D eigenvalue weighted by Gasteiger charge is 2.25. The number of hydrogen-bond acceptors (Lipinski definition) is 6. The van der Waals surface area contributed by atoms with Crippen LogP contribution in [0, 0.1) is 0 Å². The van der Waals surface area contributed by atoms with Crippen LogP contribution in [0.4, 0.5) is 17.1 Å². The van der Waals surface area contributed by atoms with Crippen LogP contribution in [-0.2, 0) is 6.42 Å². The first-order valence-electron chi connectivity index (χ1n) is 11.3.